The number of alkyl halides is 3. The summed E-state index contributed by atoms with van der Waals surface area (Å²) in [6.07, 6.45) is -1.31. The van der Waals surface area contributed by atoms with Crippen LogP contribution in [0.4, 0.5) is 24.8 Å². The van der Waals surface area contributed by atoms with Crippen molar-refractivity contribution in [3.8, 4) is 11.8 Å². The summed E-state index contributed by atoms with van der Waals surface area (Å²) in [5.74, 6) is 2.54. The van der Waals surface area contributed by atoms with Crippen LogP contribution in [0.1, 0.15) is 18.2 Å². The Morgan fingerprint density at radius 3 is 2.44 bits per heavy atom. The van der Waals surface area contributed by atoms with E-state index in [1.165, 1.54) is 31.5 Å². The van der Waals surface area contributed by atoms with Crippen LogP contribution in [0, 0.1) is 11.8 Å². The lowest BCUT2D eigenvalue weighted by molar-refractivity contribution is -0.167. The lowest BCUT2D eigenvalue weighted by Gasteiger charge is -2.07. The van der Waals surface area contributed by atoms with Crippen LogP contribution in [0.3, 0.4) is 0 Å². The number of carbonyl (C=O) groups excluding carboxylic acids is 2. The fraction of sp³-hybridized carbons (Fsp3) is 0.133. The summed E-state index contributed by atoms with van der Waals surface area (Å²) in [4.78, 5) is 33.3. The van der Waals surface area contributed by atoms with E-state index in [0.717, 1.165) is 6.20 Å². The fourth-order valence-corrected chi connectivity index (χ4v) is 1.59. The molecule has 0 saturated heterocycles. The largest absolute Gasteiger partial charge is 0.471 e. The van der Waals surface area contributed by atoms with Crippen LogP contribution in [0.5, 0.6) is 0 Å². The molecule has 0 fully saturated rings. The Kier molecular flexibility index (Phi) is 5.28. The molecule has 0 aromatic carbocycles. The average molecular weight is 349 g/mol. The number of hydrogen-bond acceptors (Lipinski definition) is 5. The second kappa shape index (κ2) is 7.39. The van der Waals surface area contributed by atoms with Crippen LogP contribution >= 0.6 is 0 Å². The van der Waals surface area contributed by atoms with Crippen LogP contribution in [0.15, 0.2) is 30.7 Å². The zero-order valence-electron chi connectivity index (χ0n) is 12.7. The van der Waals surface area contributed by atoms with Crippen LogP contribution in [0.25, 0.3) is 0 Å². The second-order valence-electron chi connectivity index (χ2n) is 4.57. The zero-order valence-corrected chi connectivity index (χ0v) is 12.7. The van der Waals surface area contributed by atoms with Crippen molar-refractivity contribution in [1.29, 1.82) is 0 Å². The highest BCUT2D eigenvalue weighted by atomic mass is 19.4. The molecule has 2 N–H and O–H groups in total. The number of nitrogens with zero attached hydrogens (tertiary/aromatic N) is 3. The smallest absolute Gasteiger partial charge is 0.311 e. The summed E-state index contributed by atoms with van der Waals surface area (Å²) in [5, 5.41) is 4.08. The number of amides is 2. The molecule has 0 aliphatic carbocycles. The summed E-state index contributed by atoms with van der Waals surface area (Å²) in [7, 11) is 0. The summed E-state index contributed by atoms with van der Waals surface area (Å²) in [5.41, 5.74) is 0.287. The SMILES string of the molecule is CC(=O)Nc1cc(C#Cc2nccnc2NC(=O)C(F)(F)F)ccn1. The van der Waals surface area contributed by atoms with Gasteiger partial charge < -0.3 is 10.6 Å². The average Bonchev–Trinajstić information content (AvgIpc) is 2.53. The number of halogens is 3. The third kappa shape index (κ3) is 5.28. The topological polar surface area (TPSA) is 96.9 Å². The molecule has 0 aliphatic heterocycles. The molecule has 2 aromatic rings. The van der Waals surface area contributed by atoms with Crippen molar-refractivity contribution < 1.29 is 22.8 Å². The molecule has 2 rings (SSSR count). The maximum atomic E-state index is 12.3. The standard InChI is InChI=1S/C15H10F3N5O2/c1-9(24)22-12-8-10(4-5-20-12)2-3-11-13(21-7-6-19-11)23-14(25)15(16,17)18/h4-8H,1H3,(H,20,22,24)(H,21,23,25). The minimum atomic E-state index is -5.05. The molecule has 0 atom stereocenters. The maximum absolute atomic E-state index is 12.3. The first kappa shape index (κ1) is 17.9. The first-order chi connectivity index (χ1) is 11.8. The van der Waals surface area contributed by atoms with Gasteiger partial charge in [0.2, 0.25) is 5.91 Å². The van der Waals surface area contributed by atoms with E-state index >= 15 is 0 Å². The van der Waals surface area contributed by atoms with Gasteiger partial charge in [0, 0.05) is 31.1 Å². The molecule has 10 heteroatoms. The number of rotatable bonds is 2. The normalized spacial score (nSPS) is 10.4. The van der Waals surface area contributed by atoms with Crippen LogP contribution < -0.4 is 10.6 Å². The van der Waals surface area contributed by atoms with Gasteiger partial charge in [0.15, 0.2) is 11.5 Å². The molecule has 0 radical (unpaired) electrons. The molecule has 2 aromatic heterocycles. The van der Waals surface area contributed by atoms with E-state index in [-0.39, 0.29) is 17.4 Å². The Hall–Kier alpha value is -3.48. The molecule has 7 nitrogen and oxygen atoms in total. The van der Waals surface area contributed by atoms with Crippen LogP contribution in [-0.4, -0.2) is 32.9 Å². The quantitative estimate of drug-likeness (QED) is 0.805. The summed E-state index contributed by atoms with van der Waals surface area (Å²) < 4.78 is 37.0. The maximum Gasteiger partial charge on any atom is 0.471 e. The monoisotopic (exact) mass is 349 g/mol. The second-order valence-corrected chi connectivity index (χ2v) is 4.57. The number of pyridine rings is 1. The Labute approximate surface area is 139 Å². The number of nitrogens with one attached hydrogen (secondary N) is 2. The van der Waals surface area contributed by atoms with Gasteiger partial charge in [-0.25, -0.2) is 15.0 Å². The number of aromatic nitrogens is 3. The molecule has 25 heavy (non-hydrogen) atoms. The Morgan fingerprint density at radius 2 is 1.76 bits per heavy atom. The molecule has 0 spiro atoms. The van der Waals surface area contributed by atoms with Crippen molar-refractivity contribution in [2.45, 2.75) is 13.1 Å². The van der Waals surface area contributed by atoms with Gasteiger partial charge in [-0.15, -0.1) is 0 Å². The summed E-state index contributed by atoms with van der Waals surface area (Å²) in [6.45, 7) is 1.31. The van der Waals surface area contributed by atoms with E-state index in [1.54, 1.807) is 5.32 Å². The van der Waals surface area contributed by atoms with Crippen molar-refractivity contribution in [3.63, 3.8) is 0 Å². The Balaban J connectivity index is 2.26. The van der Waals surface area contributed by atoms with Gasteiger partial charge in [-0.3, -0.25) is 9.59 Å². The van der Waals surface area contributed by atoms with Crippen molar-refractivity contribution in [2.24, 2.45) is 0 Å². The van der Waals surface area contributed by atoms with Gasteiger partial charge in [0.1, 0.15) is 5.82 Å². The molecule has 2 amide bonds. The van der Waals surface area contributed by atoms with E-state index in [0.29, 0.717) is 5.56 Å². The van der Waals surface area contributed by atoms with Crippen molar-refractivity contribution in [2.75, 3.05) is 10.6 Å². The van der Waals surface area contributed by atoms with Crippen molar-refractivity contribution in [1.82, 2.24) is 15.0 Å². The van der Waals surface area contributed by atoms with Gasteiger partial charge in [-0.05, 0) is 18.1 Å². The molecule has 2 heterocycles. The number of hydrogen-bond donors (Lipinski definition) is 2. The van der Waals surface area contributed by atoms with Crippen molar-refractivity contribution in [3.05, 3.63) is 42.0 Å². The molecule has 0 bridgehead atoms. The van der Waals surface area contributed by atoms with E-state index in [4.69, 9.17) is 0 Å². The van der Waals surface area contributed by atoms with Gasteiger partial charge in [-0.1, -0.05) is 5.92 Å². The first-order valence-electron chi connectivity index (χ1n) is 6.70. The predicted octanol–water partition coefficient (Wildman–Crippen LogP) is 1.73. The van der Waals surface area contributed by atoms with E-state index < -0.39 is 17.9 Å². The fourth-order valence-electron chi connectivity index (χ4n) is 1.59. The van der Waals surface area contributed by atoms with Gasteiger partial charge >= 0.3 is 12.1 Å². The molecule has 0 saturated carbocycles. The van der Waals surface area contributed by atoms with Gasteiger partial charge in [0.25, 0.3) is 0 Å². The lowest BCUT2D eigenvalue weighted by atomic mass is 10.2. The van der Waals surface area contributed by atoms with Gasteiger partial charge in [-0.2, -0.15) is 13.2 Å². The van der Waals surface area contributed by atoms with E-state index in [2.05, 4.69) is 32.1 Å². The first-order valence-corrected chi connectivity index (χ1v) is 6.70. The highest BCUT2D eigenvalue weighted by molar-refractivity contribution is 5.94. The van der Waals surface area contributed by atoms with E-state index in [1.807, 2.05) is 0 Å². The predicted molar refractivity (Wildman–Crippen MR) is 81.2 cm³/mol. The minimum Gasteiger partial charge on any atom is -0.311 e. The Bertz CT molecular complexity index is 871. The molecule has 0 aliphatic rings. The highest BCUT2D eigenvalue weighted by Gasteiger charge is 2.39. The lowest BCUT2D eigenvalue weighted by Crippen LogP contribution is -2.30. The minimum absolute atomic E-state index is 0.141. The third-order valence-electron chi connectivity index (χ3n) is 2.58. The van der Waals surface area contributed by atoms with Crippen LogP contribution in [-0.2, 0) is 9.59 Å². The molecular weight excluding hydrogens is 339 g/mol. The third-order valence-corrected chi connectivity index (χ3v) is 2.58. The Morgan fingerprint density at radius 1 is 1.04 bits per heavy atom. The summed E-state index contributed by atoms with van der Waals surface area (Å²) >= 11 is 0. The number of carbonyl (C=O) groups is 2. The molecular formula is C15H10F3N5O2. The van der Waals surface area contributed by atoms with Crippen LogP contribution in [0.2, 0.25) is 0 Å². The van der Waals surface area contributed by atoms with E-state index in [9.17, 15) is 22.8 Å². The van der Waals surface area contributed by atoms with Gasteiger partial charge in [0.05, 0.1) is 0 Å². The van der Waals surface area contributed by atoms with Crippen molar-refractivity contribution >= 4 is 23.5 Å². The molecule has 0 unspecified atom stereocenters. The highest BCUT2D eigenvalue weighted by Crippen LogP contribution is 2.18. The summed E-state index contributed by atoms with van der Waals surface area (Å²) in [6, 6.07) is 3.00. The molecule has 128 valence electrons. The zero-order chi connectivity index (χ0) is 18.4. The number of anilines is 2.